The zero-order valence-corrected chi connectivity index (χ0v) is 9.93. The molecule has 0 saturated carbocycles. The Kier molecular flexibility index (Phi) is 8.36. The third kappa shape index (κ3) is 9.10. The quantitative estimate of drug-likeness (QED) is 0.230. The standard InChI is InChI=1S/C11H16O6/c1-3-5-8-15-10(13)6-7-11(14)17-16-9(12)4-2/h6-7H,3-5,8H2,1-2H3/b7-6+. The fourth-order valence-corrected chi connectivity index (χ4v) is 0.676. The van der Waals surface area contributed by atoms with Crippen LogP contribution < -0.4 is 0 Å². The van der Waals surface area contributed by atoms with E-state index in [1.807, 2.05) is 6.92 Å². The van der Waals surface area contributed by atoms with Crippen LogP contribution in [0.3, 0.4) is 0 Å². The fraction of sp³-hybridized carbons (Fsp3) is 0.545. The summed E-state index contributed by atoms with van der Waals surface area (Å²) in [6.45, 7) is 3.82. The molecule has 0 radical (unpaired) electrons. The number of carbonyl (C=O) groups is 3. The predicted molar refractivity (Wildman–Crippen MR) is 57.5 cm³/mol. The molecule has 0 aromatic heterocycles. The Hall–Kier alpha value is -1.85. The van der Waals surface area contributed by atoms with Crippen molar-refractivity contribution in [1.29, 1.82) is 0 Å². The van der Waals surface area contributed by atoms with Gasteiger partial charge in [0.25, 0.3) is 0 Å². The minimum Gasteiger partial charge on any atom is -0.463 e. The highest BCUT2D eigenvalue weighted by Gasteiger charge is 2.05. The molecule has 96 valence electrons. The van der Waals surface area contributed by atoms with Gasteiger partial charge in [-0.2, -0.15) is 0 Å². The van der Waals surface area contributed by atoms with E-state index in [1.165, 1.54) is 0 Å². The molecule has 17 heavy (non-hydrogen) atoms. The summed E-state index contributed by atoms with van der Waals surface area (Å²) < 4.78 is 4.74. The lowest BCUT2D eigenvalue weighted by molar-refractivity contribution is -0.254. The lowest BCUT2D eigenvalue weighted by atomic mass is 10.4. The molecule has 0 heterocycles. The van der Waals surface area contributed by atoms with Gasteiger partial charge in [0.05, 0.1) is 6.61 Å². The molecular formula is C11H16O6. The molecule has 0 aromatic carbocycles. The molecule has 0 rings (SSSR count). The van der Waals surface area contributed by atoms with E-state index < -0.39 is 17.9 Å². The summed E-state index contributed by atoms with van der Waals surface area (Å²) in [6, 6.07) is 0. The molecule has 0 aliphatic heterocycles. The van der Waals surface area contributed by atoms with E-state index >= 15 is 0 Å². The van der Waals surface area contributed by atoms with Gasteiger partial charge in [-0.15, -0.1) is 0 Å². The summed E-state index contributed by atoms with van der Waals surface area (Å²) in [4.78, 5) is 40.7. The first-order chi connectivity index (χ1) is 8.10. The molecule has 0 amide bonds. The van der Waals surface area contributed by atoms with Gasteiger partial charge in [-0.25, -0.2) is 24.2 Å². The van der Waals surface area contributed by atoms with Crippen molar-refractivity contribution in [3.63, 3.8) is 0 Å². The van der Waals surface area contributed by atoms with Crippen LogP contribution in [0.15, 0.2) is 12.2 Å². The molecular weight excluding hydrogens is 228 g/mol. The molecule has 0 spiro atoms. The van der Waals surface area contributed by atoms with Gasteiger partial charge in [-0.3, -0.25) is 0 Å². The maximum Gasteiger partial charge on any atom is 0.379 e. The van der Waals surface area contributed by atoms with Crippen molar-refractivity contribution in [1.82, 2.24) is 0 Å². The highest BCUT2D eigenvalue weighted by Crippen LogP contribution is 1.92. The van der Waals surface area contributed by atoms with Crippen molar-refractivity contribution in [3.8, 4) is 0 Å². The van der Waals surface area contributed by atoms with Gasteiger partial charge in [-0.1, -0.05) is 20.3 Å². The Morgan fingerprint density at radius 2 is 1.65 bits per heavy atom. The number of unbranched alkanes of at least 4 members (excludes halogenated alkanes) is 1. The molecule has 0 aliphatic carbocycles. The van der Waals surface area contributed by atoms with Crippen molar-refractivity contribution >= 4 is 17.9 Å². The summed E-state index contributed by atoms with van der Waals surface area (Å²) in [7, 11) is 0. The second-order valence-corrected chi connectivity index (χ2v) is 3.07. The van der Waals surface area contributed by atoms with E-state index in [-0.39, 0.29) is 6.42 Å². The first-order valence-corrected chi connectivity index (χ1v) is 5.36. The molecule has 0 aliphatic rings. The van der Waals surface area contributed by atoms with Gasteiger partial charge in [0, 0.05) is 18.6 Å². The zero-order valence-electron chi connectivity index (χ0n) is 9.93. The summed E-state index contributed by atoms with van der Waals surface area (Å²) >= 11 is 0. The van der Waals surface area contributed by atoms with Crippen molar-refractivity contribution in [2.24, 2.45) is 0 Å². The molecule has 0 atom stereocenters. The van der Waals surface area contributed by atoms with E-state index in [2.05, 4.69) is 9.78 Å². The average molecular weight is 244 g/mol. The first kappa shape index (κ1) is 15.2. The number of hydrogen-bond donors (Lipinski definition) is 0. The van der Waals surface area contributed by atoms with Crippen LogP contribution in [0.2, 0.25) is 0 Å². The van der Waals surface area contributed by atoms with Crippen LogP contribution in [-0.2, 0) is 28.9 Å². The Morgan fingerprint density at radius 1 is 1.00 bits per heavy atom. The second kappa shape index (κ2) is 9.38. The van der Waals surface area contributed by atoms with Crippen LogP contribution >= 0.6 is 0 Å². The van der Waals surface area contributed by atoms with Crippen molar-refractivity contribution in [3.05, 3.63) is 12.2 Å². The SMILES string of the molecule is CCCCOC(=O)/C=C/C(=O)OOC(=O)CC. The third-order valence-electron chi connectivity index (χ3n) is 1.60. The van der Waals surface area contributed by atoms with E-state index in [1.54, 1.807) is 6.92 Å². The van der Waals surface area contributed by atoms with Crippen LogP contribution in [0.25, 0.3) is 0 Å². The molecule has 0 aromatic rings. The summed E-state index contributed by atoms with van der Waals surface area (Å²) in [5, 5.41) is 0. The average Bonchev–Trinajstić information content (AvgIpc) is 2.33. The smallest absolute Gasteiger partial charge is 0.379 e. The van der Waals surface area contributed by atoms with Crippen molar-refractivity contribution < 1.29 is 28.9 Å². The summed E-state index contributed by atoms with van der Waals surface area (Å²) in [5.74, 6) is -2.26. The van der Waals surface area contributed by atoms with E-state index in [4.69, 9.17) is 4.74 Å². The van der Waals surface area contributed by atoms with Gasteiger partial charge in [-0.05, 0) is 6.42 Å². The number of ether oxygens (including phenoxy) is 1. The maximum absolute atomic E-state index is 11.0. The van der Waals surface area contributed by atoms with E-state index in [0.29, 0.717) is 6.61 Å². The van der Waals surface area contributed by atoms with E-state index in [0.717, 1.165) is 25.0 Å². The topological polar surface area (TPSA) is 78.9 Å². The van der Waals surface area contributed by atoms with E-state index in [9.17, 15) is 14.4 Å². The van der Waals surface area contributed by atoms with Crippen molar-refractivity contribution in [2.75, 3.05) is 6.61 Å². The minimum absolute atomic E-state index is 0.0933. The monoisotopic (exact) mass is 244 g/mol. The maximum atomic E-state index is 11.0. The van der Waals surface area contributed by atoms with Gasteiger partial charge in [0.15, 0.2) is 0 Å². The van der Waals surface area contributed by atoms with Crippen LogP contribution in [0, 0.1) is 0 Å². The Labute approximate surface area is 99.5 Å². The van der Waals surface area contributed by atoms with Gasteiger partial charge in [0.1, 0.15) is 0 Å². The normalized spacial score (nSPS) is 10.0. The van der Waals surface area contributed by atoms with Crippen LogP contribution in [0.4, 0.5) is 0 Å². The Bertz CT molecular complexity index is 294. The number of carbonyl (C=O) groups excluding carboxylic acids is 3. The van der Waals surface area contributed by atoms with Gasteiger partial charge >= 0.3 is 17.9 Å². The summed E-state index contributed by atoms with van der Waals surface area (Å²) in [5.41, 5.74) is 0. The first-order valence-electron chi connectivity index (χ1n) is 5.36. The molecule has 6 heteroatoms. The zero-order chi connectivity index (χ0) is 13.1. The van der Waals surface area contributed by atoms with Crippen molar-refractivity contribution in [2.45, 2.75) is 33.1 Å². The number of rotatable bonds is 6. The predicted octanol–water partition coefficient (Wildman–Crippen LogP) is 1.30. The van der Waals surface area contributed by atoms with Crippen LogP contribution in [-0.4, -0.2) is 24.5 Å². The number of hydrogen-bond acceptors (Lipinski definition) is 6. The van der Waals surface area contributed by atoms with Crippen LogP contribution in [0.1, 0.15) is 33.1 Å². The second-order valence-electron chi connectivity index (χ2n) is 3.07. The lowest BCUT2D eigenvalue weighted by Gasteiger charge is -1.99. The molecule has 6 nitrogen and oxygen atoms in total. The molecule has 0 saturated heterocycles. The molecule has 0 fully saturated rings. The fourth-order valence-electron chi connectivity index (χ4n) is 0.676. The van der Waals surface area contributed by atoms with Gasteiger partial charge < -0.3 is 4.74 Å². The summed E-state index contributed by atoms with van der Waals surface area (Å²) in [6.07, 6.45) is 3.51. The highest BCUT2D eigenvalue weighted by atomic mass is 17.2. The largest absolute Gasteiger partial charge is 0.463 e. The van der Waals surface area contributed by atoms with Crippen LogP contribution in [0.5, 0.6) is 0 Å². The highest BCUT2D eigenvalue weighted by molar-refractivity contribution is 5.91. The molecule has 0 bridgehead atoms. The molecule has 0 N–H and O–H groups in total. The molecule has 0 unspecified atom stereocenters. The van der Waals surface area contributed by atoms with Gasteiger partial charge in [0.2, 0.25) is 0 Å². The number of esters is 1. The minimum atomic E-state index is -0.945. The third-order valence-corrected chi connectivity index (χ3v) is 1.60. The Balaban J connectivity index is 3.78. The Morgan fingerprint density at radius 3 is 2.24 bits per heavy atom. The lowest BCUT2D eigenvalue weighted by Crippen LogP contribution is -2.09.